The van der Waals surface area contributed by atoms with Crippen LogP contribution in [-0.2, 0) is 20.9 Å². The SMILES string of the molecule is [B][C@H]1C[C@@H](C(=O)OCc2ccccc2)C(C)(CC)O1. The number of rotatable bonds is 4. The van der Waals surface area contributed by atoms with Crippen LogP contribution < -0.4 is 0 Å². The third-order valence-corrected chi connectivity index (χ3v) is 3.84. The van der Waals surface area contributed by atoms with Gasteiger partial charge in [-0.1, -0.05) is 37.3 Å². The van der Waals surface area contributed by atoms with E-state index in [2.05, 4.69) is 0 Å². The Labute approximate surface area is 115 Å². The highest BCUT2D eigenvalue weighted by Gasteiger charge is 2.46. The average Bonchev–Trinajstić information content (AvgIpc) is 2.73. The Kier molecular flexibility index (Phi) is 4.30. The molecule has 4 heteroatoms. The number of esters is 1. The maximum Gasteiger partial charge on any atom is 0.312 e. The number of benzene rings is 1. The molecule has 100 valence electrons. The zero-order chi connectivity index (χ0) is 13.9. The topological polar surface area (TPSA) is 35.5 Å². The summed E-state index contributed by atoms with van der Waals surface area (Å²) in [6, 6.07) is 9.27. The summed E-state index contributed by atoms with van der Waals surface area (Å²) in [4.78, 5) is 12.2. The summed E-state index contributed by atoms with van der Waals surface area (Å²) >= 11 is 0. The lowest BCUT2D eigenvalue weighted by molar-refractivity contribution is -0.156. The highest BCUT2D eigenvalue weighted by Crippen LogP contribution is 2.38. The molecule has 1 aliphatic rings. The Bertz CT molecular complexity index is 434. The zero-order valence-electron chi connectivity index (χ0n) is 11.5. The van der Waals surface area contributed by atoms with Gasteiger partial charge in [-0.3, -0.25) is 4.79 Å². The summed E-state index contributed by atoms with van der Waals surface area (Å²) < 4.78 is 11.0. The van der Waals surface area contributed by atoms with E-state index in [4.69, 9.17) is 17.3 Å². The standard InChI is InChI=1S/C15H19BO3/c1-3-15(2)12(9-13(16)19-15)14(17)18-10-11-7-5-4-6-8-11/h4-8,12-13H,3,9-10H2,1-2H3/t12-,13+,15?/m0/s1. The number of carbonyl (C=O) groups is 1. The van der Waals surface area contributed by atoms with Crippen LogP contribution in [0.4, 0.5) is 0 Å². The molecule has 3 nitrogen and oxygen atoms in total. The van der Waals surface area contributed by atoms with Gasteiger partial charge in [0.2, 0.25) is 0 Å². The van der Waals surface area contributed by atoms with Gasteiger partial charge in [0.15, 0.2) is 0 Å². The van der Waals surface area contributed by atoms with E-state index in [9.17, 15) is 4.79 Å². The quantitative estimate of drug-likeness (QED) is 0.614. The first-order valence-electron chi connectivity index (χ1n) is 6.69. The Balaban J connectivity index is 1.96. The fourth-order valence-corrected chi connectivity index (χ4v) is 2.46. The molecule has 19 heavy (non-hydrogen) atoms. The maximum atomic E-state index is 12.2. The van der Waals surface area contributed by atoms with Gasteiger partial charge in [0.1, 0.15) is 14.5 Å². The lowest BCUT2D eigenvalue weighted by Crippen LogP contribution is -2.37. The van der Waals surface area contributed by atoms with Crippen LogP contribution in [-0.4, -0.2) is 25.4 Å². The van der Waals surface area contributed by atoms with Gasteiger partial charge in [0.25, 0.3) is 0 Å². The minimum Gasteiger partial charge on any atom is -0.461 e. The number of hydrogen-bond donors (Lipinski definition) is 0. The first-order valence-corrected chi connectivity index (χ1v) is 6.69. The highest BCUT2D eigenvalue weighted by atomic mass is 16.5. The fourth-order valence-electron chi connectivity index (χ4n) is 2.46. The Morgan fingerprint density at radius 2 is 2.16 bits per heavy atom. The van der Waals surface area contributed by atoms with Crippen LogP contribution in [0.15, 0.2) is 30.3 Å². The average molecular weight is 258 g/mol. The third kappa shape index (κ3) is 3.18. The van der Waals surface area contributed by atoms with E-state index in [1.807, 2.05) is 44.2 Å². The second-order valence-corrected chi connectivity index (χ2v) is 5.20. The van der Waals surface area contributed by atoms with Crippen molar-refractivity contribution in [3.63, 3.8) is 0 Å². The first kappa shape index (κ1) is 14.1. The van der Waals surface area contributed by atoms with E-state index in [-0.39, 0.29) is 17.9 Å². The molecule has 2 rings (SSSR count). The van der Waals surface area contributed by atoms with E-state index < -0.39 is 5.60 Å². The van der Waals surface area contributed by atoms with Gasteiger partial charge >= 0.3 is 5.97 Å². The van der Waals surface area contributed by atoms with Crippen molar-refractivity contribution in [2.45, 2.75) is 44.9 Å². The molecule has 2 radical (unpaired) electrons. The third-order valence-electron chi connectivity index (χ3n) is 3.84. The minimum atomic E-state index is -0.507. The monoisotopic (exact) mass is 258 g/mol. The van der Waals surface area contributed by atoms with Crippen LogP contribution in [0.2, 0.25) is 0 Å². The van der Waals surface area contributed by atoms with Crippen molar-refractivity contribution in [3.05, 3.63) is 35.9 Å². The van der Waals surface area contributed by atoms with Gasteiger partial charge in [0.05, 0.1) is 11.5 Å². The molecule has 3 atom stereocenters. The molecule has 0 aromatic heterocycles. The zero-order valence-corrected chi connectivity index (χ0v) is 11.5. The van der Waals surface area contributed by atoms with Crippen molar-refractivity contribution in [1.29, 1.82) is 0 Å². The molecule has 1 heterocycles. The smallest absolute Gasteiger partial charge is 0.312 e. The van der Waals surface area contributed by atoms with Crippen molar-refractivity contribution in [2.24, 2.45) is 5.92 Å². The van der Waals surface area contributed by atoms with Crippen LogP contribution in [0.25, 0.3) is 0 Å². The molecule has 0 amide bonds. The molecule has 0 spiro atoms. The summed E-state index contributed by atoms with van der Waals surface area (Å²) in [5, 5.41) is 0. The van der Waals surface area contributed by atoms with Gasteiger partial charge in [-0.05, 0) is 25.3 Å². The molecule has 1 aromatic carbocycles. The van der Waals surface area contributed by atoms with E-state index in [0.717, 1.165) is 12.0 Å². The van der Waals surface area contributed by atoms with Crippen molar-refractivity contribution < 1.29 is 14.3 Å². The Morgan fingerprint density at radius 1 is 1.47 bits per heavy atom. The summed E-state index contributed by atoms with van der Waals surface area (Å²) in [5.41, 5.74) is 0.477. The molecule has 0 saturated carbocycles. The summed E-state index contributed by atoms with van der Waals surface area (Å²) in [7, 11) is 5.79. The largest absolute Gasteiger partial charge is 0.461 e. The maximum absolute atomic E-state index is 12.2. The fraction of sp³-hybridized carbons (Fsp3) is 0.533. The number of ether oxygens (including phenoxy) is 2. The normalized spacial score (nSPS) is 30.2. The molecule has 1 fully saturated rings. The van der Waals surface area contributed by atoms with Crippen molar-refractivity contribution in [2.75, 3.05) is 0 Å². The molecular formula is C15H19BO3. The van der Waals surface area contributed by atoms with Crippen LogP contribution in [0.1, 0.15) is 32.3 Å². The van der Waals surface area contributed by atoms with Crippen LogP contribution in [0.5, 0.6) is 0 Å². The molecule has 1 aromatic rings. The summed E-state index contributed by atoms with van der Waals surface area (Å²) in [6.07, 6.45) is 1.27. The van der Waals surface area contributed by atoms with Gasteiger partial charge in [-0.2, -0.15) is 0 Å². The number of hydrogen-bond acceptors (Lipinski definition) is 3. The molecule has 1 aliphatic heterocycles. The Morgan fingerprint density at radius 3 is 2.79 bits per heavy atom. The van der Waals surface area contributed by atoms with Crippen LogP contribution in [0, 0.1) is 5.92 Å². The van der Waals surface area contributed by atoms with E-state index in [1.54, 1.807) is 0 Å². The molecule has 0 bridgehead atoms. The van der Waals surface area contributed by atoms with E-state index in [1.165, 1.54) is 0 Å². The lowest BCUT2D eigenvalue weighted by atomic mass is 9.83. The second kappa shape index (κ2) is 5.78. The molecule has 1 saturated heterocycles. The molecule has 0 aliphatic carbocycles. The summed E-state index contributed by atoms with van der Waals surface area (Å²) in [5.74, 6) is -0.502. The number of carbonyl (C=O) groups excluding carboxylic acids is 1. The Hall–Kier alpha value is -1.29. The van der Waals surface area contributed by atoms with Gasteiger partial charge < -0.3 is 9.47 Å². The van der Waals surface area contributed by atoms with Crippen molar-refractivity contribution in [1.82, 2.24) is 0 Å². The van der Waals surface area contributed by atoms with Crippen LogP contribution >= 0.6 is 0 Å². The van der Waals surface area contributed by atoms with Gasteiger partial charge in [-0.15, -0.1) is 0 Å². The van der Waals surface area contributed by atoms with Crippen molar-refractivity contribution in [3.8, 4) is 0 Å². The predicted octanol–water partition coefficient (Wildman–Crippen LogP) is 2.43. The van der Waals surface area contributed by atoms with Gasteiger partial charge in [0, 0.05) is 6.00 Å². The predicted molar refractivity (Wildman–Crippen MR) is 73.7 cm³/mol. The second-order valence-electron chi connectivity index (χ2n) is 5.20. The highest BCUT2D eigenvalue weighted by molar-refractivity contribution is 6.11. The summed E-state index contributed by atoms with van der Waals surface area (Å²) in [6.45, 7) is 4.22. The lowest BCUT2D eigenvalue weighted by Gasteiger charge is -2.28. The van der Waals surface area contributed by atoms with Gasteiger partial charge in [-0.25, -0.2) is 0 Å². The van der Waals surface area contributed by atoms with E-state index >= 15 is 0 Å². The first-order chi connectivity index (χ1) is 9.05. The minimum absolute atomic E-state index is 0.221. The van der Waals surface area contributed by atoms with Crippen molar-refractivity contribution >= 4 is 13.8 Å². The molecular weight excluding hydrogens is 239 g/mol. The molecule has 1 unspecified atom stereocenters. The van der Waals surface area contributed by atoms with E-state index in [0.29, 0.717) is 13.0 Å². The van der Waals surface area contributed by atoms with Crippen LogP contribution in [0.3, 0.4) is 0 Å². The molecule has 0 N–H and O–H groups in total.